The van der Waals surface area contributed by atoms with Gasteiger partial charge >= 0.3 is 5.97 Å². The smallest absolute Gasteiger partial charge is 0.344 e. The lowest BCUT2D eigenvalue weighted by atomic mass is 10.2. The maximum absolute atomic E-state index is 11.7. The third-order valence-corrected chi connectivity index (χ3v) is 3.43. The minimum Gasteiger partial charge on any atom is -0.497 e. The lowest BCUT2D eigenvalue weighted by molar-refractivity contribution is -0.150. The zero-order valence-electron chi connectivity index (χ0n) is 14.7. The normalized spacial score (nSPS) is 9.92. The van der Waals surface area contributed by atoms with Gasteiger partial charge in [0.2, 0.25) is 0 Å². The fourth-order valence-corrected chi connectivity index (χ4v) is 2.06. The number of amides is 1. The molecule has 0 saturated heterocycles. The molecule has 0 fully saturated rings. The summed E-state index contributed by atoms with van der Waals surface area (Å²) < 4.78 is 20.4. The second-order valence-corrected chi connectivity index (χ2v) is 5.23. The Balaban J connectivity index is 1.68. The molecule has 2 aromatic carbocycles. The Kier molecular flexibility index (Phi) is 7.30. The molecule has 0 spiro atoms. The summed E-state index contributed by atoms with van der Waals surface area (Å²) in [6.45, 7) is -0.353. The van der Waals surface area contributed by atoms with Gasteiger partial charge in [0, 0.05) is 6.54 Å². The number of benzene rings is 2. The van der Waals surface area contributed by atoms with Gasteiger partial charge in [-0.2, -0.15) is 0 Å². The molecule has 0 aliphatic rings. The average molecular weight is 359 g/mol. The van der Waals surface area contributed by atoms with E-state index in [0.717, 1.165) is 11.3 Å². The maximum atomic E-state index is 11.7. The lowest BCUT2D eigenvalue weighted by Crippen LogP contribution is -2.29. The van der Waals surface area contributed by atoms with E-state index in [-0.39, 0.29) is 13.2 Å². The number of nitrogens with one attached hydrogen (secondary N) is 1. The highest BCUT2D eigenvalue weighted by molar-refractivity contribution is 5.80. The highest BCUT2D eigenvalue weighted by atomic mass is 16.6. The van der Waals surface area contributed by atoms with E-state index in [1.807, 2.05) is 12.1 Å². The average Bonchev–Trinajstić information content (AvgIpc) is 2.69. The Bertz CT molecular complexity index is 729. The number of hydrogen-bond acceptors (Lipinski definition) is 6. The van der Waals surface area contributed by atoms with Crippen LogP contribution in [0.1, 0.15) is 5.56 Å². The Labute approximate surface area is 151 Å². The van der Waals surface area contributed by atoms with Crippen LogP contribution in [0.5, 0.6) is 17.2 Å². The molecule has 7 heteroatoms. The molecule has 2 aromatic rings. The van der Waals surface area contributed by atoms with Crippen molar-refractivity contribution < 1.29 is 28.5 Å². The summed E-state index contributed by atoms with van der Waals surface area (Å²) in [4.78, 5) is 23.4. The Morgan fingerprint density at radius 1 is 0.885 bits per heavy atom. The fraction of sp³-hybridized carbons (Fsp3) is 0.263. The van der Waals surface area contributed by atoms with Crippen LogP contribution in [0.4, 0.5) is 0 Å². The van der Waals surface area contributed by atoms with E-state index in [2.05, 4.69) is 5.32 Å². The van der Waals surface area contributed by atoms with Crippen molar-refractivity contribution in [3.63, 3.8) is 0 Å². The molecule has 0 saturated carbocycles. The predicted molar refractivity (Wildman–Crippen MR) is 94.3 cm³/mol. The first-order valence-electron chi connectivity index (χ1n) is 7.93. The molecule has 7 nitrogen and oxygen atoms in total. The number of ether oxygens (including phenoxy) is 4. The van der Waals surface area contributed by atoms with Gasteiger partial charge in [0.15, 0.2) is 24.7 Å². The molecule has 0 atom stereocenters. The van der Waals surface area contributed by atoms with Gasteiger partial charge < -0.3 is 24.3 Å². The Hall–Kier alpha value is -3.22. The Morgan fingerprint density at radius 2 is 1.58 bits per heavy atom. The number of methoxy groups -OCH3 is 2. The maximum Gasteiger partial charge on any atom is 0.344 e. The van der Waals surface area contributed by atoms with Gasteiger partial charge in [0.05, 0.1) is 14.2 Å². The van der Waals surface area contributed by atoms with E-state index < -0.39 is 11.9 Å². The summed E-state index contributed by atoms with van der Waals surface area (Å²) in [6.07, 6.45) is 0. The van der Waals surface area contributed by atoms with Crippen LogP contribution in [0, 0.1) is 0 Å². The van der Waals surface area contributed by atoms with Crippen molar-refractivity contribution in [2.24, 2.45) is 0 Å². The third kappa shape index (κ3) is 6.01. The van der Waals surface area contributed by atoms with Gasteiger partial charge in [-0.1, -0.05) is 24.3 Å². The number of esters is 1. The van der Waals surface area contributed by atoms with Gasteiger partial charge in [-0.25, -0.2) is 4.79 Å². The zero-order valence-corrected chi connectivity index (χ0v) is 14.7. The SMILES string of the molecule is COc1ccc(CNC(=O)COC(=O)COc2ccccc2OC)cc1. The lowest BCUT2D eigenvalue weighted by Gasteiger charge is -2.10. The minimum absolute atomic E-state index is 0.313. The van der Waals surface area contributed by atoms with Gasteiger partial charge in [0.1, 0.15) is 5.75 Å². The van der Waals surface area contributed by atoms with E-state index in [1.165, 1.54) is 7.11 Å². The molecule has 0 heterocycles. The van der Waals surface area contributed by atoms with Crippen LogP contribution in [-0.2, 0) is 20.9 Å². The molecule has 1 amide bonds. The number of hydrogen-bond donors (Lipinski definition) is 1. The van der Waals surface area contributed by atoms with Crippen molar-refractivity contribution in [3.8, 4) is 17.2 Å². The molecular formula is C19H21NO6. The van der Waals surface area contributed by atoms with Crippen molar-refractivity contribution in [2.45, 2.75) is 6.54 Å². The van der Waals surface area contributed by atoms with E-state index in [1.54, 1.807) is 43.5 Å². The summed E-state index contributed by atoms with van der Waals surface area (Å²) in [5, 5.41) is 2.67. The molecule has 0 bridgehead atoms. The van der Waals surface area contributed by atoms with E-state index >= 15 is 0 Å². The number of rotatable bonds is 9. The summed E-state index contributed by atoms with van der Waals surface area (Å²) in [7, 11) is 3.09. The van der Waals surface area contributed by atoms with Crippen LogP contribution in [0.15, 0.2) is 48.5 Å². The summed E-state index contributed by atoms with van der Waals surface area (Å²) in [6, 6.07) is 14.2. The molecule has 2 rings (SSSR count). The summed E-state index contributed by atoms with van der Waals surface area (Å²) in [5.41, 5.74) is 0.907. The number of carbonyl (C=O) groups is 2. The molecular weight excluding hydrogens is 338 g/mol. The van der Waals surface area contributed by atoms with Crippen molar-refractivity contribution in [1.29, 1.82) is 0 Å². The molecule has 0 aromatic heterocycles. The molecule has 0 unspecified atom stereocenters. The largest absolute Gasteiger partial charge is 0.497 e. The molecule has 0 radical (unpaired) electrons. The van der Waals surface area contributed by atoms with Crippen LogP contribution in [-0.4, -0.2) is 39.3 Å². The first-order chi connectivity index (χ1) is 12.6. The van der Waals surface area contributed by atoms with Crippen LogP contribution in [0.25, 0.3) is 0 Å². The Morgan fingerprint density at radius 3 is 2.23 bits per heavy atom. The topological polar surface area (TPSA) is 83.1 Å². The third-order valence-electron chi connectivity index (χ3n) is 3.43. The number of carbonyl (C=O) groups excluding carboxylic acids is 2. The van der Waals surface area contributed by atoms with Gasteiger partial charge in [-0.05, 0) is 29.8 Å². The van der Waals surface area contributed by atoms with Crippen molar-refractivity contribution in [3.05, 3.63) is 54.1 Å². The van der Waals surface area contributed by atoms with Crippen molar-refractivity contribution in [2.75, 3.05) is 27.4 Å². The standard InChI is InChI=1S/C19H21NO6/c1-23-15-9-7-14(8-10-15)11-20-18(21)12-26-19(22)13-25-17-6-4-3-5-16(17)24-2/h3-10H,11-13H2,1-2H3,(H,20,21). The quantitative estimate of drug-likeness (QED) is 0.689. The van der Waals surface area contributed by atoms with Gasteiger partial charge in [0.25, 0.3) is 5.91 Å². The highest BCUT2D eigenvalue weighted by Gasteiger charge is 2.10. The van der Waals surface area contributed by atoms with Crippen LogP contribution < -0.4 is 19.5 Å². The molecule has 1 N–H and O–H groups in total. The van der Waals surface area contributed by atoms with Crippen molar-refractivity contribution >= 4 is 11.9 Å². The number of para-hydroxylation sites is 2. The molecule has 138 valence electrons. The fourth-order valence-electron chi connectivity index (χ4n) is 2.06. The van der Waals surface area contributed by atoms with Crippen LogP contribution >= 0.6 is 0 Å². The summed E-state index contributed by atoms with van der Waals surface area (Å²) in [5.74, 6) is 0.638. The van der Waals surface area contributed by atoms with Crippen LogP contribution in [0.2, 0.25) is 0 Å². The second kappa shape index (κ2) is 9.93. The summed E-state index contributed by atoms with van der Waals surface area (Å²) >= 11 is 0. The first-order valence-corrected chi connectivity index (χ1v) is 7.93. The van der Waals surface area contributed by atoms with E-state index in [9.17, 15) is 9.59 Å². The van der Waals surface area contributed by atoms with E-state index in [0.29, 0.717) is 18.0 Å². The molecule has 26 heavy (non-hydrogen) atoms. The van der Waals surface area contributed by atoms with E-state index in [4.69, 9.17) is 18.9 Å². The minimum atomic E-state index is -0.643. The van der Waals surface area contributed by atoms with Crippen molar-refractivity contribution in [1.82, 2.24) is 5.32 Å². The zero-order chi connectivity index (χ0) is 18.8. The van der Waals surface area contributed by atoms with Crippen LogP contribution in [0.3, 0.4) is 0 Å². The first kappa shape index (κ1) is 19.1. The predicted octanol–water partition coefficient (Wildman–Crippen LogP) is 1.94. The van der Waals surface area contributed by atoms with Gasteiger partial charge in [-0.3, -0.25) is 4.79 Å². The molecule has 0 aliphatic carbocycles. The second-order valence-electron chi connectivity index (χ2n) is 5.23. The van der Waals surface area contributed by atoms with Gasteiger partial charge in [-0.15, -0.1) is 0 Å². The monoisotopic (exact) mass is 359 g/mol. The molecule has 0 aliphatic heterocycles. The highest BCUT2D eigenvalue weighted by Crippen LogP contribution is 2.25.